The Hall–Kier alpha value is -10.5. The van der Waals surface area contributed by atoms with E-state index in [0.717, 1.165) is 57.1 Å². The van der Waals surface area contributed by atoms with Gasteiger partial charge >= 0.3 is 5.97 Å². The molecule has 0 fully saturated rings. The van der Waals surface area contributed by atoms with E-state index in [2.05, 4.69) is 98.2 Å². The SMILES string of the molecule is C=C(NC(=O)C(=C)NC(=O)c1csc(C2=NC3c4csc(n4)[C@H]4NC(=O)c5csc(n5)[C@@H](C(C)(O)C(C)O)NC(=O)C5CSC(=N5)/C(=C/C)NC(=O)[C@H]([C@@H](C)O)NC(=O)c5csc(n5)C3(CC2)NC(=O)C(C)NC(=O)C(=C)NC(=O)C(C)NC(=O)C(C(C)CC)N[C@@H]2C=Cc3c(C(C)O)cc(nc3[C@H]2O)C(=O)OC4C)n1)C(N)=O. The minimum Gasteiger partial charge on any atom is -0.455 e. The number of hydrogen-bond acceptors (Lipinski definition) is 31. The van der Waals surface area contributed by atoms with Crippen molar-refractivity contribution in [2.45, 2.75) is 185 Å². The van der Waals surface area contributed by atoms with Crippen LogP contribution in [0.5, 0.6) is 0 Å². The summed E-state index contributed by atoms with van der Waals surface area (Å²) in [6.07, 6.45) is -3.18. The summed E-state index contributed by atoms with van der Waals surface area (Å²) in [6.45, 7) is 24.9. The number of thioether (sulfide) groups is 1. The van der Waals surface area contributed by atoms with Gasteiger partial charge < -0.3 is 89.2 Å². The van der Waals surface area contributed by atoms with Crippen molar-refractivity contribution in [3.8, 4) is 0 Å². The number of carbonyl (C=O) groups excluding carboxylic acids is 12. The molecule has 0 saturated carbocycles. The molecule has 13 bridgehead atoms. The maximum Gasteiger partial charge on any atom is 0.357 e. The average molecular weight is 1660 g/mol. The van der Waals surface area contributed by atoms with Crippen LogP contribution >= 0.6 is 57.1 Å². The zero-order chi connectivity index (χ0) is 83.4. The van der Waals surface area contributed by atoms with E-state index < -0.39 is 196 Å². The van der Waals surface area contributed by atoms with Crippen LogP contribution in [0.1, 0.15) is 203 Å². The number of hydrogen-bond donors (Lipinski definition) is 17. The van der Waals surface area contributed by atoms with E-state index >= 15 is 14.4 Å². The lowest BCUT2D eigenvalue weighted by molar-refractivity contribution is -0.131. The highest BCUT2D eigenvalue weighted by atomic mass is 32.2. The van der Waals surface area contributed by atoms with Crippen molar-refractivity contribution < 1.29 is 87.8 Å². The first-order chi connectivity index (χ1) is 53.7. The molecule has 5 aromatic rings. The normalized spacial score (nSPS) is 26.9. The Morgan fingerprint density at radius 3 is 2.12 bits per heavy atom. The van der Waals surface area contributed by atoms with E-state index in [0.29, 0.717) is 6.42 Å². The number of allylic oxidation sites excluding steroid dienone is 1. The molecule has 17 atom stereocenters. The fraction of sp³-hybridized carbons (Fsp3) is 0.431. The van der Waals surface area contributed by atoms with Crippen LogP contribution in [0.3, 0.4) is 0 Å². The van der Waals surface area contributed by atoms with E-state index in [1.807, 2.05) is 0 Å². The molecule has 37 nitrogen and oxygen atoms in total. The number of nitrogens with one attached hydrogen (secondary N) is 11. The van der Waals surface area contributed by atoms with Gasteiger partial charge in [0, 0.05) is 32.8 Å². The third kappa shape index (κ3) is 18.6. The number of ether oxygens (including phenoxy) is 1. The molecule has 42 heteroatoms. The molecule has 18 N–H and O–H groups in total. The molecular weight excluding hydrogens is 1580 g/mol. The zero-order valence-electron chi connectivity index (χ0n) is 63.0. The third-order valence-corrected chi connectivity index (χ3v) is 24.3. The average Bonchev–Trinajstić information content (AvgIpc) is 1.50. The number of esters is 1. The first-order valence-electron chi connectivity index (χ1n) is 35.6. The molecule has 11 unspecified atom stereocenters. The number of amides is 11. The van der Waals surface area contributed by atoms with Gasteiger partial charge in [-0.25, -0.2) is 29.7 Å². The molecule has 4 aliphatic heterocycles. The Morgan fingerprint density at radius 2 is 1.45 bits per heavy atom. The Bertz CT molecular complexity index is 4880. The summed E-state index contributed by atoms with van der Waals surface area (Å²) in [5.74, 6) is -12.2. The van der Waals surface area contributed by atoms with Gasteiger partial charge in [0.25, 0.3) is 35.4 Å². The number of rotatable bonds is 12. The van der Waals surface area contributed by atoms with E-state index in [1.165, 1.54) is 88.2 Å². The zero-order valence-corrected chi connectivity index (χ0v) is 67.1. The number of primary amides is 1. The topological polar surface area (TPSA) is 563 Å². The van der Waals surface area contributed by atoms with Crippen LogP contribution in [0.4, 0.5) is 0 Å². The van der Waals surface area contributed by atoms with Gasteiger partial charge in [-0.2, -0.15) is 0 Å². The Balaban J connectivity index is 1.18. The Morgan fingerprint density at radius 1 is 0.763 bits per heavy atom. The third-order valence-electron chi connectivity index (χ3n) is 19.5. The summed E-state index contributed by atoms with van der Waals surface area (Å²) in [5, 5.41) is 92.2. The minimum absolute atomic E-state index is 0.0158. The maximum atomic E-state index is 15.4. The van der Waals surface area contributed by atoms with Gasteiger partial charge in [-0.05, 0) is 85.8 Å². The molecule has 1 aliphatic carbocycles. The van der Waals surface area contributed by atoms with Gasteiger partial charge in [-0.15, -0.1) is 57.1 Å². The summed E-state index contributed by atoms with van der Waals surface area (Å²) >= 11 is 4.42. The molecule has 11 amide bonds. The number of aliphatic hydroxyl groups is 5. The van der Waals surface area contributed by atoms with Gasteiger partial charge in [-0.3, -0.25) is 68.0 Å². The number of pyridine rings is 1. The predicted octanol–water partition coefficient (Wildman–Crippen LogP) is 0.774. The van der Waals surface area contributed by atoms with Gasteiger partial charge in [0.05, 0.1) is 70.3 Å². The van der Waals surface area contributed by atoms with Crippen LogP contribution in [0, 0.1) is 5.92 Å². The highest BCUT2D eigenvalue weighted by molar-refractivity contribution is 8.14. The molecule has 5 aliphatic rings. The number of cyclic esters (lactones) is 1. The summed E-state index contributed by atoms with van der Waals surface area (Å²) in [4.78, 5) is 204. The molecule has 0 spiro atoms. The second-order valence-electron chi connectivity index (χ2n) is 27.8. The van der Waals surface area contributed by atoms with Crippen molar-refractivity contribution >= 4 is 145 Å². The lowest BCUT2D eigenvalue weighted by atomic mass is 9.80. The lowest BCUT2D eigenvalue weighted by Crippen LogP contribution is -2.57. The molecule has 0 radical (unpaired) electrons. The maximum absolute atomic E-state index is 15.4. The molecule has 0 aromatic carbocycles. The molecule has 5 aromatic heterocycles. The smallest absolute Gasteiger partial charge is 0.357 e. The summed E-state index contributed by atoms with van der Waals surface area (Å²) in [5.41, 5.74) is -1.79. The first-order valence-corrected chi connectivity index (χ1v) is 40.1. The first kappa shape index (κ1) is 85.9. The largest absolute Gasteiger partial charge is 0.455 e. The molecule has 114 heavy (non-hydrogen) atoms. The van der Waals surface area contributed by atoms with Crippen molar-refractivity contribution in [1.29, 1.82) is 0 Å². The standard InChI is InChI=1S/C72H85N19O18S5/c1-14-26(3)47-63(105)78-30(7)57(99)75-28(5)56(98)76-31(8)58(100)91-72-19-18-40(66-85-43(22-111-66)59(101)77-29(6)55(97)74-27(4)54(73)96)81-52(72)42-21-112-67(83-42)49(34(11)109-69(107)41-20-37(32(9)92)36-16-17-39(79-47)51(95)50(36)80-41)89-60(102)44-24-113-68(86-44)53(71(13,108)35(12)94)90-62(104)45-23-110-65(84-45)38(15-2)82-64(106)48(33(10)93)88-61(103)46-25-114-70(72)87-46/h15-17,20-22,24-26,30-35,39,45,47-49,51-53,79,92-95,108H,4-6,14,18-19,23H2,1-3,7-13H3,(H2,73,96)(H,74,97)(H,75,99)(H,76,98)(H,77,101)(H,78,105)(H,82,106)(H,88,103)(H,89,102)(H,90,104)(H,91,100)/b38-15-/t26?,30?,31?,32?,33-,34?,35?,39-,45?,47?,48+,49+,51+,52?,53+,71?,72?/m1/s1. The molecule has 10 rings (SSSR count). The minimum atomic E-state index is -2.21. The Labute approximate surface area is 671 Å². The molecular formula is C72H85N19O18S5. The van der Waals surface area contributed by atoms with E-state index in [1.54, 1.807) is 26.8 Å². The second-order valence-corrected chi connectivity index (χ2v) is 32.3. The van der Waals surface area contributed by atoms with Crippen LogP contribution in [-0.4, -0.2) is 198 Å². The molecule has 0 saturated heterocycles. The number of thiazole rings is 4. The van der Waals surface area contributed by atoms with Crippen molar-refractivity contribution in [3.05, 3.63) is 148 Å². The van der Waals surface area contributed by atoms with Crippen LogP contribution < -0.4 is 64.2 Å². The summed E-state index contributed by atoms with van der Waals surface area (Å²) in [7, 11) is 0. The quantitative estimate of drug-likeness (QED) is 0.0606. The van der Waals surface area contributed by atoms with Crippen LogP contribution in [0.25, 0.3) is 6.08 Å². The van der Waals surface area contributed by atoms with Gasteiger partial charge in [0.15, 0.2) is 0 Å². The van der Waals surface area contributed by atoms with Crippen molar-refractivity contribution in [2.75, 3.05) is 5.75 Å². The number of aliphatic hydroxyl groups excluding tert-OH is 4. The van der Waals surface area contributed by atoms with Crippen LogP contribution in [0.2, 0.25) is 0 Å². The highest BCUT2D eigenvalue weighted by Crippen LogP contribution is 2.48. The highest BCUT2D eigenvalue weighted by Gasteiger charge is 2.51. The van der Waals surface area contributed by atoms with Gasteiger partial charge in [-0.1, -0.05) is 58.2 Å². The lowest BCUT2D eigenvalue weighted by Gasteiger charge is -2.41. The van der Waals surface area contributed by atoms with E-state index in [9.17, 15) is 68.7 Å². The molecule has 606 valence electrons. The summed E-state index contributed by atoms with van der Waals surface area (Å²) in [6, 6.07) is -11.6. The fourth-order valence-electron chi connectivity index (χ4n) is 12.3. The van der Waals surface area contributed by atoms with Crippen LogP contribution in [-0.2, 0) is 48.6 Å². The number of carbonyl (C=O) groups is 12. The van der Waals surface area contributed by atoms with Crippen LogP contribution in [0.15, 0.2) is 92.2 Å². The number of fused-ring (bicyclic) bond motifs is 7. The van der Waals surface area contributed by atoms with Gasteiger partial charge in [0.1, 0.15) is 113 Å². The summed E-state index contributed by atoms with van der Waals surface area (Å²) < 4.78 is 6.26. The number of nitrogens with zero attached hydrogens (tertiary/aromatic N) is 7. The van der Waals surface area contributed by atoms with Gasteiger partial charge in [0.2, 0.25) is 29.5 Å². The predicted molar refractivity (Wildman–Crippen MR) is 418 cm³/mol. The monoisotopic (exact) mass is 1660 g/mol. The molecule has 9 heterocycles. The van der Waals surface area contributed by atoms with Crippen molar-refractivity contribution in [3.63, 3.8) is 0 Å². The number of nitrogens with two attached hydrogens (primary N) is 1. The fourth-order valence-corrected chi connectivity index (χ4v) is 17.2. The second kappa shape index (κ2) is 35.5. The van der Waals surface area contributed by atoms with Crippen molar-refractivity contribution in [1.82, 2.24) is 83.4 Å². The van der Waals surface area contributed by atoms with E-state index in [-0.39, 0.29) is 94.7 Å². The van der Waals surface area contributed by atoms with Crippen molar-refractivity contribution in [2.24, 2.45) is 21.6 Å². The number of aliphatic imine (C=N–C) groups is 2. The Kier molecular flexibility index (Phi) is 26.7. The van der Waals surface area contributed by atoms with E-state index in [4.69, 9.17) is 25.4 Å². The number of aromatic nitrogens is 5.